The molecule has 0 aromatic heterocycles. The molecule has 2 N–H and O–H groups in total. The highest BCUT2D eigenvalue weighted by Crippen LogP contribution is 2.21. The van der Waals surface area contributed by atoms with Crippen LogP contribution in [-0.4, -0.2) is 39.1 Å². The van der Waals surface area contributed by atoms with Crippen LogP contribution in [0.4, 0.5) is 11.4 Å². The molecule has 0 saturated heterocycles. The third-order valence-corrected chi connectivity index (χ3v) is 3.73. The van der Waals surface area contributed by atoms with E-state index in [-0.39, 0.29) is 18.5 Å². The van der Waals surface area contributed by atoms with E-state index in [1.54, 1.807) is 32.0 Å². The van der Waals surface area contributed by atoms with Crippen LogP contribution in [0.5, 0.6) is 0 Å². The van der Waals surface area contributed by atoms with E-state index < -0.39 is 15.9 Å². The molecular formula is C14H21N3O4S. The Kier molecular flexibility index (Phi) is 5.92. The van der Waals surface area contributed by atoms with Crippen LogP contribution in [0.2, 0.25) is 0 Å². The number of nitrogens with one attached hydrogen (secondary N) is 2. The van der Waals surface area contributed by atoms with Crippen molar-refractivity contribution in [1.29, 1.82) is 0 Å². The lowest BCUT2D eigenvalue weighted by Gasteiger charge is -2.23. The SMILES string of the molecule is CC(=O)Nc1cccc(N(CC(=O)NC(C)C)S(C)(=O)=O)c1. The van der Waals surface area contributed by atoms with Crippen molar-refractivity contribution in [2.24, 2.45) is 0 Å². The minimum absolute atomic E-state index is 0.0837. The number of nitrogens with zero attached hydrogens (tertiary/aromatic N) is 1. The van der Waals surface area contributed by atoms with Crippen molar-refractivity contribution in [3.8, 4) is 0 Å². The van der Waals surface area contributed by atoms with Gasteiger partial charge in [0.05, 0.1) is 11.9 Å². The third kappa shape index (κ3) is 5.72. The smallest absolute Gasteiger partial charge is 0.240 e. The number of amides is 2. The van der Waals surface area contributed by atoms with Crippen LogP contribution in [0.15, 0.2) is 24.3 Å². The fraction of sp³-hybridized carbons (Fsp3) is 0.429. The van der Waals surface area contributed by atoms with Crippen molar-refractivity contribution in [2.75, 3.05) is 22.4 Å². The molecule has 0 fully saturated rings. The minimum Gasteiger partial charge on any atom is -0.352 e. The molecule has 0 radical (unpaired) electrons. The number of hydrogen-bond acceptors (Lipinski definition) is 4. The van der Waals surface area contributed by atoms with Crippen LogP contribution in [0.3, 0.4) is 0 Å². The Balaban J connectivity index is 3.08. The second-order valence-electron chi connectivity index (χ2n) is 5.22. The highest BCUT2D eigenvalue weighted by atomic mass is 32.2. The molecule has 7 nitrogen and oxygen atoms in total. The Hall–Kier alpha value is -2.09. The number of hydrogen-bond donors (Lipinski definition) is 2. The lowest BCUT2D eigenvalue weighted by atomic mass is 10.2. The summed E-state index contributed by atoms with van der Waals surface area (Å²) in [6, 6.07) is 6.23. The predicted molar refractivity (Wildman–Crippen MR) is 86.2 cm³/mol. The van der Waals surface area contributed by atoms with E-state index in [2.05, 4.69) is 10.6 Å². The topological polar surface area (TPSA) is 95.6 Å². The van der Waals surface area contributed by atoms with E-state index >= 15 is 0 Å². The van der Waals surface area contributed by atoms with Gasteiger partial charge in [0.2, 0.25) is 21.8 Å². The van der Waals surface area contributed by atoms with Gasteiger partial charge in [0.1, 0.15) is 6.54 Å². The molecular weight excluding hydrogens is 306 g/mol. The Labute approximate surface area is 130 Å². The second kappa shape index (κ2) is 7.26. The molecule has 2 amide bonds. The number of anilines is 2. The summed E-state index contributed by atoms with van der Waals surface area (Å²) < 4.78 is 24.9. The van der Waals surface area contributed by atoms with Gasteiger partial charge >= 0.3 is 0 Å². The maximum atomic E-state index is 11.9. The van der Waals surface area contributed by atoms with Gasteiger partial charge in [-0.3, -0.25) is 13.9 Å². The van der Waals surface area contributed by atoms with Gasteiger partial charge in [-0.2, -0.15) is 0 Å². The Morgan fingerprint density at radius 1 is 1.27 bits per heavy atom. The molecule has 0 bridgehead atoms. The Morgan fingerprint density at radius 3 is 2.41 bits per heavy atom. The molecule has 0 heterocycles. The lowest BCUT2D eigenvalue weighted by Crippen LogP contribution is -2.42. The van der Waals surface area contributed by atoms with Gasteiger partial charge in [0.25, 0.3) is 0 Å². The molecule has 1 aromatic rings. The summed E-state index contributed by atoms with van der Waals surface area (Å²) in [5.41, 5.74) is 0.774. The van der Waals surface area contributed by atoms with E-state index in [1.807, 2.05) is 0 Å². The summed E-state index contributed by atoms with van der Waals surface area (Å²) in [6.45, 7) is 4.62. The van der Waals surface area contributed by atoms with Crippen molar-refractivity contribution in [1.82, 2.24) is 5.32 Å². The van der Waals surface area contributed by atoms with Gasteiger partial charge in [-0.1, -0.05) is 6.07 Å². The highest BCUT2D eigenvalue weighted by molar-refractivity contribution is 7.92. The molecule has 1 rings (SSSR count). The summed E-state index contributed by atoms with van der Waals surface area (Å²) in [7, 11) is -3.63. The van der Waals surface area contributed by atoms with E-state index in [1.165, 1.54) is 13.0 Å². The zero-order chi connectivity index (χ0) is 16.9. The predicted octanol–water partition coefficient (Wildman–Crippen LogP) is 0.936. The summed E-state index contributed by atoms with van der Waals surface area (Å²) in [5, 5.41) is 5.22. The first kappa shape index (κ1) is 18.0. The molecule has 0 saturated carbocycles. The zero-order valence-corrected chi connectivity index (χ0v) is 13.9. The van der Waals surface area contributed by atoms with Crippen LogP contribution < -0.4 is 14.9 Å². The van der Waals surface area contributed by atoms with Crippen molar-refractivity contribution < 1.29 is 18.0 Å². The summed E-state index contributed by atoms with van der Waals surface area (Å²) in [5.74, 6) is -0.661. The lowest BCUT2D eigenvalue weighted by molar-refractivity contribution is -0.120. The van der Waals surface area contributed by atoms with Crippen LogP contribution in [0, 0.1) is 0 Å². The van der Waals surface area contributed by atoms with Crippen LogP contribution in [-0.2, 0) is 19.6 Å². The van der Waals surface area contributed by atoms with Crippen molar-refractivity contribution >= 4 is 33.2 Å². The first-order chi connectivity index (χ1) is 10.1. The van der Waals surface area contributed by atoms with Crippen LogP contribution >= 0.6 is 0 Å². The maximum absolute atomic E-state index is 11.9. The zero-order valence-electron chi connectivity index (χ0n) is 13.1. The van der Waals surface area contributed by atoms with Crippen LogP contribution in [0.1, 0.15) is 20.8 Å². The van der Waals surface area contributed by atoms with Gasteiger partial charge < -0.3 is 10.6 Å². The van der Waals surface area contributed by atoms with Gasteiger partial charge in [-0.15, -0.1) is 0 Å². The average molecular weight is 327 g/mol. The monoisotopic (exact) mass is 327 g/mol. The summed E-state index contributed by atoms with van der Waals surface area (Å²) >= 11 is 0. The summed E-state index contributed by atoms with van der Waals surface area (Å²) in [4.78, 5) is 22.9. The number of carbonyl (C=O) groups is 2. The minimum atomic E-state index is -3.63. The standard InChI is InChI=1S/C14H21N3O4S/c1-10(2)15-14(19)9-17(22(4,20)21)13-7-5-6-12(8-13)16-11(3)18/h5-8,10H,9H2,1-4H3,(H,15,19)(H,16,18). The molecule has 1 aromatic carbocycles. The molecule has 0 aliphatic rings. The van der Waals surface area contributed by atoms with Crippen molar-refractivity contribution in [3.63, 3.8) is 0 Å². The molecule has 22 heavy (non-hydrogen) atoms. The molecule has 0 aliphatic heterocycles. The van der Waals surface area contributed by atoms with E-state index in [4.69, 9.17) is 0 Å². The first-order valence-electron chi connectivity index (χ1n) is 6.74. The first-order valence-corrected chi connectivity index (χ1v) is 8.59. The molecule has 122 valence electrons. The van der Waals surface area contributed by atoms with Gasteiger partial charge in [-0.25, -0.2) is 8.42 Å². The quantitative estimate of drug-likeness (QED) is 0.812. The average Bonchev–Trinajstić information content (AvgIpc) is 2.33. The Morgan fingerprint density at radius 2 is 1.91 bits per heavy atom. The molecule has 0 atom stereocenters. The molecule has 0 unspecified atom stereocenters. The number of carbonyl (C=O) groups excluding carboxylic acids is 2. The van der Waals surface area contributed by atoms with Gasteiger partial charge in [-0.05, 0) is 32.0 Å². The van der Waals surface area contributed by atoms with Gasteiger partial charge in [0.15, 0.2) is 0 Å². The van der Waals surface area contributed by atoms with Crippen LogP contribution in [0.25, 0.3) is 0 Å². The summed E-state index contributed by atoms with van der Waals surface area (Å²) in [6.07, 6.45) is 1.03. The fourth-order valence-electron chi connectivity index (χ4n) is 1.84. The molecule has 0 spiro atoms. The maximum Gasteiger partial charge on any atom is 0.240 e. The fourth-order valence-corrected chi connectivity index (χ4v) is 2.69. The second-order valence-corrected chi connectivity index (χ2v) is 7.13. The number of benzene rings is 1. The van der Waals surface area contributed by atoms with E-state index in [0.29, 0.717) is 11.4 Å². The van der Waals surface area contributed by atoms with Gasteiger partial charge in [0, 0.05) is 18.7 Å². The third-order valence-electron chi connectivity index (χ3n) is 2.59. The normalized spacial score (nSPS) is 11.1. The van der Waals surface area contributed by atoms with Crippen molar-refractivity contribution in [3.05, 3.63) is 24.3 Å². The number of rotatable bonds is 6. The molecule has 8 heteroatoms. The van der Waals surface area contributed by atoms with Crippen molar-refractivity contribution in [2.45, 2.75) is 26.8 Å². The van der Waals surface area contributed by atoms with E-state index in [0.717, 1.165) is 10.6 Å². The Bertz CT molecular complexity index is 656. The highest BCUT2D eigenvalue weighted by Gasteiger charge is 2.21. The molecule has 0 aliphatic carbocycles. The number of sulfonamides is 1. The largest absolute Gasteiger partial charge is 0.352 e. The van der Waals surface area contributed by atoms with E-state index in [9.17, 15) is 18.0 Å².